The maximum Gasteiger partial charge on any atom is 0.252 e. The van der Waals surface area contributed by atoms with Crippen LogP contribution < -0.4 is 5.32 Å². The third kappa shape index (κ3) is 3.35. The van der Waals surface area contributed by atoms with Crippen molar-refractivity contribution < 1.29 is 4.79 Å². The first-order chi connectivity index (χ1) is 8.68. The molecule has 1 heterocycles. The van der Waals surface area contributed by atoms with Gasteiger partial charge in [0.05, 0.1) is 5.56 Å². The van der Waals surface area contributed by atoms with Crippen LogP contribution >= 0.6 is 11.3 Å². The maximum atomic E-state index is 12.2. The zero-order valence-electron chi connectivity index (χ0n) is 11.4. The van der Waals surface area contributed by atoms with Crippen molar-refractivity contribution in [2.24, 2.45) is 0 Å². The molecule has 1 aliphatic carbocycles. The quantitative estimate of drug-likeness (QED) is 0.852. The molecule has 0 saturated heterocycles. The van der Waals surface area contributed by atoms with Crippen LogP contribution in [-0.2, 0) is 0 Å². The zero-order valence-corrected chi connectivity index (χ0v) is 12.2. The average Bonchev–Trinajstić information content (AvgIpc) is 2.63. The van der Waals surface area contributed by atoms with Gasteiger partial charge in [-0.1, -0.05) is 32.1 Å². The Balaban J connectivity index is 1.95. The second-order valence-electron chi connectivity index (χ2n) is 5.35. The number of carbonyl (C=O) groups excluding carboxylic acids is 1. The molecule has 1 N–H and O–H groups in total. The molecule has 0 aliphatic heterocycles. The topological polar surface area (TPSA) is 29.1 Å². The van der Waals surface area contributed by atoms with E-state index >= 15 is 0 Å². The number of aryl methyl sites for hydroxylation is 1. The second-order valence-corrected chi connectivity index (χ2v) is 6.43. The minimum atomic E-state index is 0.127. The highest BCUT2D eigenvalue weighted by Crippen LogP contribution is 2.22. The summed E-state index contributed by atoms with van der Waals surface area (Å²) in [6.07, 6.45) is 8.82. The van der Waals surface area contributed by atoms with E-state index in [0.717, 1.165) is 24.0 Å². The lowest BCUT2D eigenvalue weighted by Gasteiger charge is -2.21. The Morgan fingerprint density at radius 2 is 1.78 bits per heavy atom. The van der Waals surface area contributed by atoms with Crippen molar-refractivity contribution in [2.75, 3.05) is 0 Å². The van der Waals surface area contributed by atoms with Crippen molar-refractivity contribution in [1.82, 2.24) is 5.32 Å². The van der Waals surface area contributed by atoms with Crippen LogP contribution in [0.5, 0.6) is 0 Å². The molecule has 0 unspecified atom stereocenters. The van der Waals surface area contributed by atoms with E-state index in [2.05, 4.69) is 12.2 Å². The third-order valence-corrected chi connectivity index (χ3v) is 4.98. The van der Waals surface area contributed by atoms with Crippen molar-refractivity contribution in [3.8, 4) is 0 Å². The summed E-state index contributed by atoms with van der Waals surface area (Å²) >= 11 is 1.67. The number of nitrogens with one attached hydrogen (secondary N) is 1. The Labute approximate surface area is 114 Å². The molecule has 0 atom stereocenters. The number of hydrogen-bond donors (Lipinski definition) is 1. The van der Waals surface area contributed by atoms with Crippen molar-refractivity contribution in [2.45, 2.75) is 64.8 Å². The number of hydrogen-bond acceptors (Lipinski definition) is 2. The van der Waals surface area contributed by atoms with Crippen LogP contribution in [0.25, 0.3) is 0 Å². The summed E-state index contributed by atoms with van der Waals surface area (Å²) < 4.78 is 0. The summed E-state index contributed by atoms with van der Waals surface area (Å²) in [5.74, 6) is 0.127. The highest BCUT2D eigenvalue weighted by Gasteiger charge is 2.17. The molecular formula is C15H23NOS. The fraction of sp³-hybridized carbons (Fsp3) is 0.667. The maximum absolute atomic E-state index is 12.2. The molecule has 1 saturated carbocycles. The first-order valence-corrected chi connectivity index (χ1v) is 7.92. The molecule has 0 aromatic carbocycles. The van der Waals surface area contributed by atoms with Crippen molar-refractivity contribution in [3.05, 3.63) is 21.4 Å². The van der Waals surface area contributed by atoms with Crippen LogP contribution in [0.4, 0.5) is 0 Å². The summed E-state index contributed by atoms with van der Waals surface area (Å²) in [5.41, 5.74) is 2.02. The van der Waals surface area contributed by atoms with Crippen LogP contribution in [0.15, 0.2) is 5.38 Å². The van der Waals surface area contributed by atoms with Gasteiger partial charge >= 0.3 is 0 Å². The molecule has 0 bridgehead atoms. The molecule has 2 rings (SSSR count). The van der Waals surface area contributed by atoms with Crippen LogP contribution in [0.2, 0.25) is 0 Å². The molecule has 1 aromatic rings. The average molecular weight is 265 g/mol. The van der Waals surface area contributed by atoms with Gasteiger partial charge in [0.2, 0.25) is 0 Å². The lowest BCUT2D eigenvalue weighted by molar-refractivity contribution is 0.0930. The molecule has 2 nitrogen and oxygen atoms in total. The standard InChI is InChI=1S/C15H23NOS/c1-11-12(2)18-10-14(11)15(17)16-13-8-6-4-3-5-7-9-13/h10,13H,3-9H2,1-2H3,(H,16,17). The van der Waals surface area contributed by atoms with Crippen LogP contribution in [0.1, 0.15) is 65.7 Å². The van der Waals surface area contributed by atoms with E-state index in [4.69, 9.17) is 0 Å². The molecule has 18 heavy (non-hydrogen) atoms. The lowest BCUT2D eigenvalue weighted by Crippen LogP contribution is -2.35. The van der Waals surface area contributed by atoms with Crippen LogP contribution in [0, 0.1) is 13.8 Å². The Kier molecular flexibility index (Phi) is 4.81. The number of carbonyl (C=O) groups is 1. The normalized spacial score (nSPS) is 18.1. The molecule has 1 aliphatic rings. The number of amides is 1. The fourth-order valence-corrected chi connectivity index (χ4v) is 3.47. The Hall–Kier alpha value is -0.830. The highest BCUT2D eigenvalue weighted by molar-refractivity contribution is 7.10. The SMILES string of the molecule is Cc1scc(C(=O)NC2CCCCCCC2)c1C. The fourth-order valence-electron chi connectivity index (χ4n) is 2.60. The van der Waals surface area contributed by atoms with Crippen LogP contribution in [0.3, 0.4) is 0 Å². The van der Waals surface area contributed by atoms with Crippen LogP contribution in [-0.4, -0.2) is 11.9 Å². The van der Waals surface area contributed by atoms with Gasteiger partial charge in [-0.25, -0.2) is 0 Å². The predicted molar refractivity (Wildman–Crippen MR) is 77.4 cm³/mol. The first-order valence-electron chi connectivity index (χ1n) is 7.04. The van der Waals surface area contributed by atoms with E-state index in [0.29, 0.717) is 6.04 Å². The second kappa shape index (κ2) is 6.37. The van der Waals surface area contributed by atoms with E-state index in [-0.39, 0.29) is 5.91 Å². The van der Waals surface area contributed by atoms with Gasteiger partial charge in [0.25, 0.3) is 5.91 Å². The lowest BCUT2D eigenvalue weighted by atomic mass is 9.96. The van der Waals surface area contributed by atoms with Gasteiger partial charge in [0.15, 0.2) is 0 Å². The van der Waals surface area contributed by atoms with Gasteiger partial charge in [0.1, 0.15) is 0 Å². The predicted octanol–water partition coefficient (Wildman–Crippen LogP) is 4.21. The van der Waals surface area contributed by atoms with Gasteiger partial charge < -0.3 is 5.32 Å². The minimum Gasteiger partial charge on any atom is -0.349 e. The van der Waals surface area contributed by atoms with Gasteiger partial charge in [-0.3, -0.25) is 4.79 Å². The third-order valence-electron chi connectivity index (χ3n) is 3.97. The summed E-state index contributed by atoms with van der Waals surface area (Å²) in [6, 6.07) is 0.386. The molecule has 100 valence electrons. The summed E-state index contributed by atoms with van der Waals surface area (Å²) in [7, 11) is 0. The molecule has 1 aromatic heterocycles. The number of thiophene rings is 1. The molecule has 1 amide bonds. The van der Waals surface area contributed by atoms with Gasteiger partial charge in [0, 0.05) is 16.3 Å². The monoisotopic (exact) mass is 265 g/mol. The van der Waals surface area contributed by atoms with E-state index < -0.39 is 0 Å². The summed E-state index contributed by atoms with van der Waals surface area (Å²) in [5, 5.41) is 5.21. The van der Waals surface area contributed by atoms with E-state index in [1.54, 1.807) is 11.3 Å². The van der Waals surface area contributed by atoms with Crippen molar-refractivity contribution in [3.63, 3.8) is 0 Å². The Morgan fingerprint density at radius 3 is 2.33 bits per heavy atom. The summed E-state index contributed by atoms with van der Waals surface area (Å²) in [4.78, 5) is 13.5. The van der Waals surface area contributed by atoms with E-state index in [9.17, 15) is 4.79 Å². The minimum absolute atomic E-state index is 0.127. The van der Waals surface area contributed by atoms with Crippen molar-refractivity contribution in [1.29, 1.82) is 0 Å². The largest absolute Gasteiger partial charge is 0.349 e. The van der Waals surface area contributed by atoms with E-state index in [1.165, 1.54) is 37.0 Å². The highest BCUT2D eigenvalue weighted by atomic mass is 32.1. The summed E-state index contributed by atoms with van der Waals surface area (Å²) in [6.45, 7) is 4.12. The Bertz CT molecular complexity index is 403. The molecule has 0 spiro atoms. The molecule has 1 fully saturated rings. The number of rotatable bonds is 2. The van der Waals surface area contributed by atoms with Crippen molar-refractivity contribution >= 4 is 17.2 Å². The zero-order chi connectivity index (χ0) is 13.0. The molecular weight excluding hydrogens is 242 g/mol. The molecule has 3 heteroatoms. The van der Waals surface area contributed by atoms with Gasteiger partial charge in [-0.15, -0.1) is 11.3 Å². The van der Waals surface area contributed by atoms with Gasteiger partial charge in [-0.2, -0.15) is 0 Å². The molecule has 0 radical (unpaired) electrons. The smallest absolute Gasteiger partial charge is 0.252 e. The van der Waals surface area contributed by atoms with Gasteiger partial charge in [-0.05, 0) is 32.3 Å². The first kappa shape index (κ1) is 13.6. The Morgan fingerprint density at radius 1 is 1.17 bits per heavy atom. The van der Waals surface area contributed by atoms with E-state index in [1.807, 2.05) is 12.3 Å².